The number of carbonyl (C=O) groups excluding carboxylic acids is 3. The summed E-state index contributed by atoms with van der Waals surface area (Å²) in [5.41, 5.74) is 17.2. The van der Waals surface area contributed by atoms with Gasteiger partial charge in [-0.25, -0.2) is 76.1 Å². The number of ether oxygens (including phenoxy) is 1. The number of aromatic nitrogens is 15. The molecule has 2 N–H and O–H groups in total. The van der Waals surface area contributed by atoms with Gasteiger partial charge in [0.1, 0.15) is 41.2 Å². The quantitative estimate of drug-likeness (QED) is 0.0616. The van der Waals surface area contributed by atoms with Crippen LogP contribution in [-0.4, -0.2) is 195 Å². The molecule has 4 atom stereocenters. The number of hydrogen-bond donors (Lipinski definition) is 1. The second-order valence-electron chi connectivity index (χ2n) is 35.9. The van der Waals surface area contributed by atoms with Crippen LogP contribution in [0.4, 0.5) is 36.3 Å². The van der Waals surface area contributed by atoms with Gasteiger partial charge in [-0.1, -0.05) is 112 Å². The first-order valence-corrected chi connectivity index (χ1v) is 46.1. The van der Waals surface area contributed by atoms with Crippen LogP contribution in [0.5, 0.6) is 0 Å². The Morgan fingerprint density at radius 1 is 0.504 bits per heavy atom. The van der Waals surface area contributed by atoms with Gasteiger partial charge in [-0.3, -0.25) is 14.4 Å². The van der Waals surface area contributed by atoms with Gasteiger partial charge >= 0.3 is 17.1 Å². The highest BCUT2D eigenvalue weighted by Gasteiger charge is 2.41. The van der Waals surface area contributed by atoms with Gasteiger partial charge in [-0.15, -0.1) is 0 Å². The number of nitrogen functional groups attached to an aromatic ring is 1. The van der Waals surface area contributed by atoms with E-state index in [2.05, 4.69) is 75.7 Å². The molecule has 19 rings (SSSR count). The van der Waals surface area contributed by atoms with Crippen molar-refractivity contribution in [2.45, 2.75) is 143 Å². The van der Waals surface area contributed by atoms with E-state index in [9.17, 15) is 28.8 Å². The van der Waals surface area contributed by atoms with E-state index in [1.54, 1.807) is 108 Å². The van der Waals surface area contributed by atoms with Crippen LogP contribution < -0.4 is 37.5 Å². The predicted molar refractivity (Wildman–Crippen MR) is 523 cm³/mol. The maximum absolute atomic E-state index is 15.3. The molecular weight excluding hydrogens is 1780 g/mol. The number of nitrogens with zero attached hydrogens (tertiary/aromatic N) is 21. The number of amides is 3. The molecule has 12 heterocycles. The van der Waals surface area contributed by atoms with Crippen molar-refractivity contribution in [3.8, 4) is 50.8 Å². The van der Waals surface area contributed by atoms with Gasteiger partial charge in [0.15, 0.2) is 16.9 Å². The van der Waals surface area contributed by atoms with Crippen LogP contribution in [-0.2, 0) is 33.2 Å². The number of nitrogens with two attached hydrogens (primary N) is 1. The zero-order chi connectivity index (χ0) is 95.9. The second kappa shape index (κ2) is 37.7. The van der Waals surface area contributed by atoms with E-state index >= 15 is 13.2 Å². The Bertz CT molecular complexity index is 7070. The minimum atomic E-state index is -0.579. The summed E-state index contributed by atoms with van der Waals surface area (Å²) in [7, 11) is 5.44. The summed E-state index contributed by atoms with van der Waals surface area (Å²) < 4.78 is 58.9. The number of anilines is 4. The highest BCUT2D eigenvalue weighted by molar-refractivity contribution is 6.35. The van der Waals surface area contributed by atoms with Gasteiger partial charge < -0.3 is 49.0 Å². The van der Waals surface area contributed by atoms with Gasteiger partial charge in [0.25, 0.3) is 0 Å². The Morgan fingerprint density at radius 3 is 1.32 bits per heavy atom. The van der Waals surface area contributed by atoms with Crippen LogP contribution in [0.2, 0.25) is 15.1 Å². The van der Waals surface area contributed by atoms with Gasteiger partial charge in [-0.2, -0.15) is 15.0 Å². The fraction of sp³-hybridized carbons (Fsp3) is 0.340. The summed E-state index contributed by atoms with van der Waals surface area (Å²) in [5, 5.41) is 2.21. The lowest BCUT2D eigenvalue weighted by Crippen LogP contribution is -2.58. The number of benzene rings is 5. The Morgan fingerprint density at radius 2 is 0.911 bits per heavy atom. The number of methoxy groups -OCH3 is 1. The van der Waals surface area contributed by atoms with Crippen molar-refractivity contribution >= 4 is 131 Å². The Kier molecular flexibility index (Phi) is 26.1. The number of halogens is 6. The number of aryl methyl sites for hydroxylation is 4. The van der Waals surface area contributed by atoms with Crippen molar-refractivity contribution in [2.24, 2.45) is 14.1 Å². The van der Waals surface area contributed by atoms with E-state index < -0.39 is 34.5 Å². The molecule has 3 aliphatic heterocycles. The number of piperazine rings is 3. The average molecular weight is 1890 g/mol. The summed E-state index contributed by atoms with van der Waals surface area (Å²) >= 11 is 20.6. The summed E-state index contributed by atoms with van der Waals surface area (Å²) in [6.45, 7) is 31.0. The van der Waals surface area contributed by atoms with Crippen molar-refractivity contribution in [2.75, 3.05) is 86.5 Å². The zero-order valence-corrected chi connectivity index (χ0v) is 79.4. The molecule has 0 bridgehead atoms. The number of rotatable bonds is 18. The standard InChI is InChI=1S/C34H36ClFN8O3.2C33H33ClFN7O2/c1-18-16-43(19(2)15-42(18)26(45)8-5-13-47-3)32-22-14-23(35)30(27-24(36)6-4-7-25(27)37)40-33(22)44(34(46)41-32)31-28(20-9-10-20)38-17-39-29(31)21-11-12-21;2*1-7-26(43)40-12-13-41(20(5)16-40)31-22-15-23(34)28(21-10-8-9-11-24(21)35)37-32(22)42(33(44)38-31)30-19(4)14-25-29(27(30)18(2)3)36-17-39(25)6/h4-8,14,17-21H,9-13,15-16,37H2,1-3H3;2*7-11,14-15,17-18,20H,1,12-13,16H2,2-6H3/b8-5+;;/t18-,19+;2*20-/m100/s1. The van der Waals surface area contributed by atoms with E-state index in [0.29, 0.717) is 121 Å². The summed E-state index contributed by atoms with van der Waals surface area (Å²) in [6, 6.07) is 25.3. The summed E-state index contributed by atoms with van der Waals surface area (Å²) in [4.78, 5) is 139. The van der Waals surface area contributed by atoms with Gasteiger partial charge in [0.2, 0.25) is 17.7 Å². The molecule has 0 unspecified atom stereocenters. The van der Waals surface area contributed by atoms with Crippen LogP contribution >= 0.6 is 34.8 Å². The Balaban J connectivity index is 0.000000141. The summed E-state index contributed by atoms with van der Waals surface area (Å²) in [5.74, 6) is -0.329. The van der Waals surface area contributed by atoms with E-state index in [1.165, 1.54) is 56.2 Å². The molecule has 696 valence electrons. The summed E-state index contributed by atoms with van der Waals surface area (Å²) in [6.07, 6.45) is 14.7. The van der Waals surface area contributed by atoms with Crippen LogP contribution in [0.15, 0.2) is 168 Å². The third-order valence-electron chi connectivity index (χ3n) is 25.9. The van der Waals surface area contributed by atoms with E-state index in [-0.39, 0.29) is 126 Å². The molecular formula is C100H102Cl3F3N22O7. The van der Waals surface area contributed by atoms with Crippen LogP contribution in [0.25, 0.3) is 106 Å². The van der Waals surface area contributed by atoms with E-state index in [0.717, 1.165) is 81.4 Å². The second-order valence-corrected chi connectivity index (χ2v) is 37.1. The molecule has 0 radical (unpaired) electrons. The highest BCUT2D eigenvalue weighted by atomic mass is 35.5. The molecule has 135 heavy (non-hydrogen) atoms. The van der Waals surface area contributed by atoms with E-state index in [1.807, 2.05) is 91.6 Å². The SMILES string of the molecule is C=CC(=O)N1CCN(c2nc(=O)n(-c3c(C)cc4c(ncn4C)c3C(C)C)c3nc(-c4ccccc4F)c(Cl)cc23)[C@@H](C)C1.C=CC(=O)N1CCN(c2nc(=O)n(-c3c(C)cc4c(ncn4C)c3C(C)C)c3nc(-c4ccccc4F)c(Cl)cc23)[C@@H](C)C1.COC/C=C/C(=O)N1C[C@H](C)N(c2nc(=O)n(-c3c(C4CC4)ncnc3C3CC3)c3nc(-c4c(N)cccc4F)c(Cl)cc23)C[C@H]1C. The number of pyridine rings is 3. The largest absolute Gasteiger partial charge is 0.398 e. The predicted octanol–water partition coefficient (Wildman–Crippen LogP) is 16.6. The van der Waals surface area contributed by atoms with Crippen molar-refractivity contribution in [3.63, 3.8) is 0 Å². The lowest BCUT2D eigenvalue weighted by Gasteiger charge is -2.44. The van der Waals surface area contributed by atoms with Crippen molar-refractivity contribution in [3.05, 3.63) is 251 Å². The fourth-order valence-electron chi connectivity index (χ4n) is 19.0. The molecule has 5 aliphatic rings. The molecule has 35 heteroatoms. The molecule has 29 nitrogen and oxygen atoms in total. The minimum absolute atomic E-state index is 0.00207. The molecule has 2 aliphatic carbocycles. The number of hydrogen-bond acceptors (Lipinski definition) is 21. The molecule has 5 fully saturated rings. The molecule has 14 aromatic rings. The fourth-order valence-corrected chi connectivity index (χ4v) is 19.7. The maximum atomic E-state index is 15.3. The smallest absolute Gasteiger partial charge is 0.355 e. The van der Waals surface area contributed by atoms with E-state index in [4.69, 9.17) is 60.2 Å². The first-order valence-electron chi connectivity index (χ1n) is 45.0. The van der Waals surface area contributed by atoms with Crippen molar-refractivity contribution < 1.29 is 32.3 Å². The molecule has 0 spiro atoms. The van der Waals surface area contributed by atoms with Crippen LogP contribution in [0.3, 0.4) is 0 Å². The average Bonchev–Trinajstić information content (AvgIpc) is 1.69. The Labute approximate surface area is 791 Å². The zero-order valence-electron chi connectivity index (χ0n) is 77.1. The molecule has 3 saturated heterocycles. The lowest BCUT2D eigenvalue weighted by molar-refractivity contribution is -0.129. The lowest BCUT2D eigenvalue weighted by atomic mass is 9.95. The number of fused-ring (bicyclic) bond motifs is 5. The minimum Gasteiger partial charge on any atom is -0.398 e. The highest BCUT2D eigenvalue weighted by Crippen LogP contribution is 2.50. The molecule has 3 amide bonds. The number of imidazole rings is 2. The third-order valence-corrected chi connectivity index (χ3v) is 26.7. The molecule has 9 aromatic heterocycles. The molecule has 5 aromatic carbocycles. The normalized spacial score (nSPS) is 17.1. The molecule has 2 saturated carbocycles. The maximum Gasteiger partial charge on any atom is 0.355 e. The first-order chi connectivity index (χ1) is 64.7. The topological polar surface area (TPSA) is 311 Å². The van der Waals surface area contributed by atoms with Gasteiger partial charge in [0, 0.05) is 144 Å². The third kappa shape index (κ3) is 17.4. The van der Waals surface area contributed by atoms with Gasteiger partial charge in [0.05, 0.1) is 124 Å². The van der Waals surface area contributed by atoms with Gasteiger partial charge in [-0.05, 0) is 169 Å². The van der Waals surface area contributed by atoms with Crippen molar-refractivity contribution in [1.29, 1.82) is 0 Å². The first kappa shape index (κ1) is 93.3. The van der Waals surface area contributed by atoms with Crippen LogP contribution in [0, 0.1) is 31.3 Å². The monoisotopic (exact) mass is 1880 g/mol. The van der Waals surface area contributed by atoms with Crippen LogP contribution in [0.1, 0.15) is 138 Å². The number of carbonyl (C=O) groups is 3. The van der Waals surface area contributed by atoms with Crippen molar-refractivity contribution in [1.82, 2.24) is 87.4 Å². The Hall–Kier alpha value is -13.6.